The van der Waals surface area contributed by atoms with Gasteiger partial charge in [0.25, 0.3) is 5.69 Å². The van der Waals surface area contributed by atoms with E-state index in [4.69, 9.17) is 11.8 Å². The van der Waals surface area contributed by atoms with Crippen LogP contribution in [0.4, 0.5) is 17.1 Å². The van der Waals surface area contributed by atoms with Crippen molar-refractivity contribution in [2.45, 2.75) is 0 Å². The number of non-ortho nitro benzene ring substituents is 1. The van der Waals surface area contributed by atoms with E-state index in [9.17, 15) is 15.3 Å². The third-order valence-corrected chi connectivity index (χ3v) is 2.05. The van der Waals surface area contributed by atoms with Crippen molar-refractivity contribution in [3.8, 4) is 0 Å². The summed E-state index contributed by atoms with van der Waals surface area (Å²) in [6, 6.07) is 3.95. The van der Waals surface area contributed by atoms with E-state index < -0.39 is 4.92 Å². The van der Waals surface area contributed by atoms with E-state index in [1.165, 1.54) is 18.2 Å². The molecule has 74 valence electrons. The van der Waals surface area contributed by atoms with E-state index in [1.807, 2.05) is 0 Å². The first-order valence-electron chi connectivity index (χ1n) is 3.59. The fraction of sp³-hybridized carbons (Fsp3) is 0. The van der Waals surface area contributed by atoms with Crippen molar-refractivity contribution in [3.05, 3.63) is 28.3 Å². The molecule has 0 saturated carbocycles. The Balaban J connectivity index is 2.50. The lowest BCUT2D eigenvalue weighted by molar-refractivity contribution is -0.384. The Morgan fingerprint density at radius 3 is 2.86 bits per heavy atom. The first-order valence-corrected chi connectivity index (χ1v) is 3.93. The van der Waals surface area contributed by atoms with Crippen LogP contribution in [0, 0.1) is 10.1 Å². The molecule has 1 heterocycles. The lowest BCUT2D eigenvalue weighted by atomic mass is 10.2. The van der Waals surface area contributed by atoms with Gasteiger partial charge in [-0.3, -0.25) is 15.3 Å². The second-order valence-corrected chi connectivity index (χ2v) is 2.96. The van der Waals surface area contributed by atoms with Crippen LogP contribution in [0.5, 0.6) is 0 Å². The van der Waals surface area contributed by atoms with Gasteiger partial charge in [0.2, 0.25) is 0 Å². The number of halogens is 1. The molecule has 0 amide bonds. The Morgan fingerprint density at radius 1 is 1.50 bits per heavy atom. The summed E-state index contributed by atoms with van der Waals surface area (Å²) in [5, 5.41) is 20.3. The van der Waals surface area contributed by atoms with E-state index in [1.54, 1.807) is 0 Å². The number of anilines is 2. The van der Waals surface area contributed by atoms with Crippen molar-refractivity contribution in [2.24, 2.45) is 0 Å². The quantitative estimate of drug-likeness (QED) is 0.417. The maximum atomic E-state index is 10.4. The summed E-state index contributed by atoms with van der Waals surface area (Å²) < 4.78 is 1.03. The average molecular weight is 217 g/mol. The molecular weight excluding hydrogens is 212 g/mol. The first kappa shape index (κ1) is 9.00. The first-order chi connectivity index (χ1) is 6.59. The van der Waals surface area contributed by atoms with Crippen molar-refractivity contribution >= 4 is 28.8 Å². The topological polar surface area (TPSA) is 81.9 Å². The van der Waals surface area contributed by atoms with Crippen molar-refractivity contribution < 1.29 is 10.1 Å². The van der Waals surface area contributed by atoms with Crippen molar-refractivity contribution in [1.82, 2.24) is 5.53 Å². The third-order valence-electron chi connectivity index (χ3n) is 1.79. The SMILES string of the molecule is O=[N+]([O-])c1ccc2c(c1)N(O)NN2Cl. The van der Waals surface area contributed by atoms with Gasteiger partial charge in [0.15, 0.2) is 0 Å². The average Bonchev–Trinajstić information content (AvgIpc) is 2.42. The van der Waals surface area contributed by atoms with Gasteiger partial charge in [-0.25, -0.2) is 0 Å². The molecule has 0 spiro atoms. The number of nitrogens with zero attached hydrogens (tertiary/aromatic N) is 3. The van der Waals surface area contributed by atoms with Gasteiger partial charge in [0, 0.05) is 23.9 Å². The second-order valence-electron chi connectivity index (χ2n) is 2.62. The Labute approximate surface area is 83.3 Å². The minimum atomic E-state index is -0.551. The molecule has 0 fully saturated rings. The lowest BCUT2D eigenvalue weighted by Gasteiger charge is -2.08. The number of hydrogen-bond donors (Lipinski definition) is 2. The number of hydrazine groups is 2. The smallest absolute Gasteiger partial charge is 0.271 e. The maximum absolute atomic E-state index is 10.4. The van der Waals surface area contributed by atoms with Crippen LogP contribution >= 0.6 is 11.8 Å². The van der Waals surface area contributed by atoms with Gasteiger partial charge < -0.3 is 0 Å². The fourth-order valence-corrected chi connectivity index (χ4v) is 1.37. The van der Waals surface area contributed by atoms with Crippen LogP contribution in [-0.4, -0.2) is 10.1 Å². The van der Waals surface area contributed by atoms with Crippen molar-refractivity contribution in [3.63, 3.8) is 0 Å². The van der Waals surface area contributed by atoms with E-state index in [0.29, 0.717) is 10.9 Å². The number of fused-ring (bicyclic) bond motifs is 1. The summed E-state index contributed by atoms with van der Waals surface area (Å²) in [6.45, 7) is 0. The van der Waals surface area contributed by atoms with Gasteiger partial charge in [-0.05, 0) is 6.07 Å². The van der Waals surface area contributed by atoms with Gasteiger partial charge in [-0.15, -0.1) is 5.53 Å². The third kappa shape index (κ3) is 1.23. The molecule has 14 heavy (non-hydrogen) atoms. The van der Waals surface area contributed by atoms with Gasteiger partial charge in [-0.1, -0.05) is 0 Å². The van der Waals surface area contributed by atoms with Gasteiger partial charge >= 0.3 is 0 Å². The summed E-state index contributed by atoms with van der Waals surface area (Å²) in [4.78, 5) is 9.88. The zero-order valence-electron chi connectivity index (χ0n) is 6.72. The number of nitrogens with one attached hydrogen (secondary N) is 1. The number of hydrogen-bond acceptors (Lipinski definition) is 6. The highest BCUT2D eigenvalue weighted by Gasteiger charge is 2.25. The molecule has 0 bridgehead atoms. The van der Waals surface area contributed by atoms with Crippen LogP contribution < -0.4 is 15.2 Å². The molecule has 0 radical (unpaired) electrons. The van der Waals surface area contributed by atoms with Crippen LogP contribution in [0.15, 0.2) is 18.2 Å². The number of benzene rings is 1. The molecule has 7 nitrogen and oxygen atoms in total. The molecule has 1 aromatic rings. The van der Waals surface area contributed by atoms with Gasteiger partial charge in [0.1, 0.15) is 11.4 Å². The Hall–Kier alpha value is -1.57. The molecule has 0 aliphatic carbocycles. The largest absolute Gasteiger partial charge is 0.271 e. The fourth-order valence-electron chi connectivity index (χ4n) is 1.15. The predicted octanol–water partition coefficient (Wildman–Crippen LogP) is 1.18. The van der Waals surface area contributed by atoms with Crippen LogP contribution in [0.25, 0.3) is 0 Å². The molecule has 2 rings (SSSR count). The van der Waals surface area contributed by atoms with Gasteiger partial charge in [-0.2, -0.15) is 9.70 Å². The molecular formula is C6H5ClN4O3. The summed E-state index contributed by atoms with van der Waals surface area (Å²) in [7, 11) is 0. The zero-order chi connectivity index (χ0) is 10.3. The van der Waals surface area contributed by atoms with Crippen LogP contribution in [-0.2, 0) is 0 Å². The Kier molecular flexibility index (Phi) is 1.92. The second kappa shape index (κ2) is 2.98. The summed E-state index contributed by atoms with van der Waals surface area (Å²) in [5.74, 6) is 0. The van der Waals surface area contributed by atoms with E-state index in [-0.39, 0.29) is 11.4 Å². The Morgan fingerprint density at radius 2 is 2.21 bits per heavy atom. The summed E-state index contributed by atoms with van der Waals surface area (Å²) in [6.07, 6.45) is 0. The monoisotopic (exact) mass is 216 g/mol. The van der Waals surface area contributed by atoms with E-state index in [2.05, 4.69) is 5.53 Å². The zero-order valence-corrected chi connectivity index (χ0v) is 7.47. The van der Waals surface area contributed by atoms with Crippen LogP contribution in [0.2, 0.25) is 0 Å². The standard InChI is InChI=1S/C6H5ClN4O3/c7-9-5-2-1-4(11(13)14)3-6(5)10(12)8-9/h1-3,8,12H. The minimum absolute atomic E-state index is 0.114. The number of nitro groups is 1. The molecule has 1 aliphatic rings. The molecule has 0 saturated heterocycles. The van der Waals surface area contributed by atoms with E-state index >= 15 is 0 Å². The number of rotatable bonds is 1. The highest BCUT2D eigenvalue weighted by Crippen LogP contribution is 2.35. The molecule has 8 heteroatoms. The molecule has 0 atom stereocenters. The molecule has 1 aliphatic heterocycles. The highest BCUT2D eigenvalue weighted by molar-refractivity contribution is 6.26. The van der Waals surface area contributed by atoms with Crippen LogP contribution in [0.1, 0.15) is 0 Å². The summed E-state index contributed by atoms with van der Waals surface area (Å²) in [5.41, 5.74) is 2.87. The normalized spacial score (nSPS) is 14.4. The highest BCUT2D eigenvalue weighted by atomic mass is 35.5. The molecule has 2 N–H and O–H groups in total. The number of nitro benzene ring substituents is 1. The molecule has 1 aromatic carbocycles. The van der Waals surface area contributed by atoms with Crippen molar-refractivity contribution in [1.29, 1.82) is 0 Å². The lowest BCUT2D eigenvalue weighted by Crippen LogP contribution is -2.36. The predicted molar refractivity (Wildman–Crippen MR) is 48.8 cm³/mol. The summed E-state index contributed by atoms with van der Waals surface area (Å²) >= 11 is 5.62. The maximum Gasteiger partial charge on any atom is 0.271 e. The molecule has 0 unspecified atom stereocenters. The van der Waals surface area contributed by atoms with Crippen LogP contribution in [0.3, 0.4) is 0 Å². The molecule has 0 aromatic heterocycles. The van der Waals surface area contributed by atoms with Crippen molar-refractivity contribution in [2.75, 3.05) is 9.70 Å². The van der Waals surface area contributed by atoms with Gasteiger partial charge in [0.05, 0.1) is 4.92 Å². The van der Waals surface area contributed by atoms with E-state index in [0.717, 1.165) is 4.53 Å². The Bertz CT molecular complexity index is 399. The minimum Gasteiger partial charge on any atom is -0.271 e.